The molecule has 240 valence electrons. The summed E-state index contributed by atoms with van der Waals surface area (Å²) >= 11 is 0. The minimum Gasteiger partial charge on any atom is -0.309 e. The monoisotopic (exact) mass is 653 g/mol. The van der Waals surface area contributed by atoms with Crippen LogP contribution in [0.2, 0.25) is 0 Å². The van der Waals surface area contributed by atoms with Crippen LogP contribution in [-0.4, -0.2) is 24.1 Å². The van der Waals surface area contributed by atoms with E-state index in [2.05, 4.69) is 125 Å². The Kier molecular flexibility index (Phi) is 6.64. The first-order valence-electron chi connectivity index (χ1n) is 17.2. The Morgan fingerprint density at radius 1 is 0.353 bits per heavy atom. The average Bonchev–Trinajstić information content (AvgIpc) is 3.70. The van der Waals surface area contributed by atoms with Gasteiger partial charge < -0.3 is 4.57 Å². The molecule has 0 bridgehead atoms. The van der Waals surface area contributed by atoms with Gasteiger partial charge in [0.25, 0.3) is 0 Å². The molecule has 0 fully saturated rings. The summed E-state index contributed by atoms with van der Waals surface area (Å²) in [5.74, 6) is 1.86. The molecule has 0 aliphatic carbocycles. The molecule has 5 nitrogen and oxygen atoms in total. The number of para-hydroxylation sites is 2. The normalized spacial score (nSPS) is 11.6. The van der Waals surface area contributed by atoms with Crippen LogP contribution in [0.25, 0.3) is 89.2 Å². The standard InChI is InChI=1S/C46H31N5/c1-30-20-27-42-39(28-30)38-26-23-34(31-21-24-35(25-22-31)50-40-18-10-8-16-36(40)37-17-9-11-19-41(37)50)29-43(38)51(42)46-48-44(32-12-4-2-5-13-32)47-45(49-46)33-14-6-3-7-15-33/h2-29H,1H3. The smallest absolute Gasteiger partial charge is 0.238 e. The van der Waals surface area contributed by atoms with Gasteiger partial charge in [-0.3, -0.25) is 4.57 Å². The fraction of sp³-hybridized carbons (Fsp3) is 0.0217. The molecule has 0 saturated carbocycles. The van der Waals surface area contributed by atoms with Crippen molar-refractivity contribution in [1.29, 1.82) is 0 Å². The first-order valence-corrected chi connectivity index (χ1v) is 17.2. The van der Waals surface area contributed by atoms with E-state index in [4.69, 9.17) is 15.0 Å². The van der Waals surface area contributed by atoms with Crippen molar-refractivity contribution < 1.29 is 0 Å². The Morgan fingerprint density at radius 2 is 0.882 bits per heavy atom. The molecule has 3 heterocycles. The maximum Gasteiger partial charge on any atom is 0.238 e. The third kappa shape index (κ3) is 4.82. The van der Waals surface area contributed by atoms with Crippen LogP contribution in [0.4, 0.5) is 0 Å². The molecule has 0 amide bonds. The van der Waals surface area contributed by atoms with E-state index >= 15 is 0 Å². The van der Waals surface area contributed by atoms with E-state index < -0.39 is 0 Å². The van der Waals surface area contributed by atoms with Crippen LogP contribution in [0.3, 0.4) is 0 Å². The number of aromatic nitrogens is 5. The molecule has 51 heavy (non-hydrogen) atoms. The number of hydrogen-bond donors (Lipinski definition) is 0. The topological polar surface area (TPSA) is 48.5 Å². The molecule has 0 atom stereocenters. The third-order valence-electron chi connectivity index (χ3n) is 9.85. The Morgan fingerprint density at radius 3 is 1.51 bits per heavy atom. The van der Waals surface area contributed by atoms with Gasteiger partial charge in [0.1, 0.15) is 0 Å². The average molecular weight is 654 g/mol. The first kappa shape index (κ1) is 29.1. The van der Waals surface area contributed by atoms with Gasteiger partial charge in [-0.2, -0.15) is 9.97 Å². The second kappa shape index (κ2) is 11.6. The van der Waals surface area contributed by atoms with E-state index in [0.717, 1.165) is 44.4 Å². The quantitative estimate of drug-likeness (QED) is 0.186. The van der Waals surface area contributed by atoms with Crippen LogP contribution in [0.1, 0.15) is 5.56 Å². The number of fused-ring (bicyclic) bond motifs is 6. The largest absolute Gasteiger partial charge is 0.309 e. The molecular weight excluding hydrogens is 623 g/mol. The maximum atomic E-state index is 5.12. The molecule has 0 unspecified atom stereocenters. The molecule has 0 aliphatic heterocycles. The van der Waals surface area contributed by atoms with Gasteiger partial charge in [-0.25, -0.2) is 4.98 Å². The fourth-order valence-electron chi connectivity index (χ4n) is 7.43. The zero-order valence-corrected chi connectivity index (χ0v) is 27.9. The van der Waals surface area contributed by atoms with Crippen LogP contribution in [0.5, 0.6) is 0 Å². The van der Waals surface area contributed by atoms with Crippen LogP contribution in [0.15, 0.2) is 170 Å². The summed E-state index contributed by atoms with van der Waals surface area (Å²) in [5, 5.41) is 4.84. The minimum atomic E-state index is 0.588. The summed E-state index contributed by atoms with van der Waals surface area (Å²) in [4.78, 5) is 15.2. The molecular formula is C46H31N5. The zero-order chi connectivity index (χ0) is 33.9. The van der Waals surface area contributed by atoms with Crippen molar-refractivity contribution in [1.82, 2.24) is 24.1 Å². The first-order chi connectivity index (χ1) is 25.2. The van der Waals surface area contributed by atoms with Gasteiger partial charge in [0.05, 0.1) is 22.1 Å². The van der Waals surface area contributed by atoms with E-state index in [1.165, 1.54) is 32.8 Å². The van der Waals surface area contributed by atoms with Crippen molar-refractivity contribution in [3.05, 3.63) is 175 Å². The van der Waals surface area contributed by atoms with Crippen molar-refractivity contribution in [3.63, 3.8) is 0 Å². The van der Waals surface area contributed by atoms with Crippen molar-refractivity contribution in [3.8, 4) is 45.5 Å². The highest BCUT2D eigenvalue weighted by atomic mass is 15.2. The Bertz CT molecular complexity index is 2790. The number of aryl methyl sites for hydroxylation is 1. The summed E-state index contributed by atoms with van der Waals surface area (Å²) in [6.07, 6.45) is 0. The fourth-order valence-corrected chi connectivity index (χ4v) is 7.43. The van der Waals surface area contributed by atoms with Crippen molar-refractivity contribution in [2.24, 2.45) is 0 Å². The molecule has 7 aromatic carbocycles. The predicted molar refractivity (Wildman–Crippen MR) is 210 cm³/mol. The van der Waals surface area contributed by atoms with Gasteiger partial charge in [-0.05, 0) is 60.5 Å². The third-order valence-corrected chi connectivity index (χ3v) is 9.85. The molecule has 10 aromatic rings. The molecule has 10 rings (SSSR count). The Hall–Kier alpha value is -6.85. The highest BCUT2D eigenvalue weighted by molar-refractivity contribution is 6.11. The maximum absolute atomic E-state index is 5.12. The molecule has 0 spiro atoms. The molecule has 0 N–H and O–H groups in total. The van der Waals surface area contributed by atoms with Crippen LogP contribution >= 0.6 is 0 Å². The van der Waals surface area contributed by atoms with Crippen molar-refractivity contribution in [2.75, 3.05) is 0 Å². The van der Waals surface area contributed by atoms with Gasteiger partial charge in [0.2, 0.25) is 5.95 Å². The number of benzene rings is 7. The van der Waals surface area contributed by atoms with Crippen LogP contribution in [0, 0.1) is 6.92 Å². The molecule has 0 saturated heterocycles. The van der Waals surface area contributed by atoms with Crippen molar-refractivity contribution in [2.45, 2.75) is 6.92 Å². The van der Waals surface area contributed by atoms with Gasteiger partial charge in [0.15, 0.2) is 11.6 Å². The molecule has 0 aliphatic rings. The Balaban J connectivity index is 1.16. The Labute approximate surface area is 294 Å². The summed E-state index contributed by atoms with van der Waals surface area (Å²) in [6.45, 7) is 2.14. The van der Waals surface area contributed by atoms with E-state index in [9.17, 15) is 0 Å². The summed E-state index contributed by atoms with van der Waals surface area (Å²) < 4.78 is 4.55. The lowest BCUT2D eigenvalue weighted by atomic mass is 10.0. The lowest BCUT2D eigenvalue weighted by Crippen LogP contribution is -2.06. The summed E-state index contributed by atoms with van der Waals surface area (Å²) in [6, 6.07) is 59.7. The van der Waals surface area contributed by atoms with E-state index in [-0.39, 0.29) is 0 Å². The molecule has 0 radical (unpaired) electrons. The minimum absolute atomic E-state index is 0.588. The summed E-state index contributed by atoms with van der Waals surface area (Å²) in [5.41, 5.74) is 11.0. The SMILES string of the molecule is Cc1ccc2c(c1)c1ccc(-c3ccc(-n4c5ccccc5c5ccccc54)cc3)cc1n2-c1nc(-c2ccccc2)nc(-c2ccccc2)n1. The highest BCUT2D eigenvalue weighted by Gasteiger charge is 2.19. The van der Waals surface area contributed by atoms with Crippen LogP contribution < -0.4 is 0 Å². The van der Waals surface area contributed by atoms with E-state index in [1.807, 2.05) is 60.7 Å². The van der Waals surface area contributed by atoms with Gasteiger partial charge in [-0.1, -0.05) is 133 Å². The summed E-state index contributed by atoms with van der Waals surface area (Å²) in [7, 11) is 0. The van der Waals surface area contributed by atoms with Crippen LogP contribution in [-0.2, 0) is 0 Å². The predicted octanol–water partition coefficient (Wildman–Crippen LogP) is 11.4. The second-order valence-corrected chi connectivity index (χ2v) is 13.0. The lowest BCUT2D eigenvalue weighted by Gasteiger charge is -2.12. The van der Waals surface area contributed by atoms with E-state index in [0.29, 0.717) is 17.6 Å². The van der Waals surface area contributed by atoms with Gasteiger partial charge in [0, 0.05) is 38.4 Å². The molecule has 5 heteroatoms. The number of hydrogen-bond acceptors (Lipinski definition) is 3. The zero-order valence-electron chi connectivity index (χ0n) is 27.9. The lowest BCUT2D eigenvalue weighted by molar-refractivity contribution is 0.953. The number of nitrogens with zero attached hydrogens (tertiary/aromatic N) is 5. The highest BCUT2D eigenvalue weighted by Crippen LogP contribution is 2.37. The number of rotatable bonds is 5. The van der Waals surface area contributed by atoms with Gasteiger partial charge >= 0.3 is 0 Å². The second-order valence-electron chi connectivity index (χ2n) is 13.0. The van der Waals surface area contributed by atoms with Crippen molar-refractivity contribution >= 4 is 43.6 Å². The van der Waals surface area contributed by atoms with E-state index in [1.54, 1.807) is 0 Å². The molecule has 3 aromatic heterocycles. The van der Waals surface area contributed by atoms with Gasteiger partial charge in [-0.15, -0.1) is 0 Å².